The van der Waals surface area contributed by atoms with Gasteiger partial charge in [-0.25, -0.2) is 17.4 Å². The van der Waals surface area contributed by atoms with Crippen molar-refractivity contribution in [3.63, 3.8) is 0 Å². The van der Waals surface area contributed by atoms with E-state index in [1.165, 1.54) is 30.3 Å². The van der Waals surface area contributed by atoms with E-state index in [-0.39, 0.29) is 39.7 Å². The Hall–Kier alpha value is -2.63. The first-order chi connectivity index (χ1) is 13.6. The molecule has 0 aliphatic rings. The minimum Gasteiger partial charge on any atom is -0.481 e. The monoisotopic (exact) mass is 455 g/mol. The number of hydrogen-bond acceptors (Lipinski definition) is 7. The summed E-state index contributed by atoms with van der Waals surface area (Å²) in [4.78, 5) is 25.1. The van der Waals surface area contributed by atoms with Crippen molar-refractivity contribution in [2.24, 2.45) is 0 Å². The van der Waals surface area contributed by atoms with Crippen LogP contribution in [0, 0.1) is 10.1 Å². The van der Waals surface area contributed by atoms with Gasteiger partial charge in [0, 0.05) is 18.2 Å². The van der Waals surface area contributed by atoms with Crippen molar-refractivity contribution in [2.45, 2.75) is 29.1 Å². The number of halogens is 1. The standard InChI is InChI=1S/C17H14ClN3O6S2/c18-16-7-5-13-12(19-16)8-10(2-1-3-17(22)23)20(13)29(26,27)11-4-6-15(28)14(9-11)21(24)25/h4-9,28H,1-3H2,(H,22,23). The van der Waals surface area contributed by atoms with E-state index >= 15 is 0 Å². The lowest BCUT2D eigenvalue weighted by Gasteiger charge is -2.12. The van der Waals surface area contributed by atoms with Gasteiger partial charge in [0.25, 0.3) is 15.7 Å². The van der Waals surface area contributed by atoms with Gasteiger partial charge in [-0.05, 0) is 43.2 Å². The molecule has 0 radical (unpaired) electrons. The average molecular weight is 456 g/mol. The van der Waals surface area contributed by atoms with Crippen molar-refractivity contribution < 1.29 is 23.2 Å². The second-order valence-corrected chi connectivity index (χ2v) is 8.75. The number of pyridine rings is 1. The third-order valence-corrected chi connectivity index (χ3v) is 6.51. The summed E-state index contributed by atoms with van der Waals surface area (Å²) >= 11 is 9.89. The van der Waals surface area contributed by atoms with Crippen LogP contribution in [0.3, 0.4) is 0 Å². The molecule has 1 aromatic carbocycles. The van der Waals surface area contributed by atoms with E-state index in [0.29, 0.717) is 11.2 Å². The van der Waals surface area contributed by atoms with Crippen LogP contribution in [0.4, 0.5) is 5.69 Å². The summed E-state index contributed by atoms with van der Waals surface area (Å²) in [5, 5.41) is 20.2. The predicted molar refractivity (Wildman–Crippen MR) is 108 cm³/mol. The Labute approximate surface area is 175 Å². The number of aryl methyl sites for hydroxylation is 1. The summed E-state index contributed by atoms with van der Waals surface area (Å²) in [5.74, 6) is -1.00. The number of nitro groups is 1. The summed E-state index contributed by atoms with van der Waals surface area (Å²) in [7, 11) is -4.24. The number of carboxylic acid groups (broad SMARTS) is 1. The molecule has 0 saturated heterocycles. The SMILES string of the molecule is O=C(O)CCCc1cc2nc(Cl)ccc2n1S(=O)(=O)c1ccc(S)c([N+](=O)[O-])c1. The van der Waals surface area contributed by atoms with Crippen LogP contribution in [-0.4, -0.2) is 33.4 Å². The zero-order valence-corrected chi connectivity index (χ0v) is 17.1. The number of nitro benzene ring substituents is 1. The minimum atomic E-state index is -4.24. The molecule has 2 heterocycles. The first-order valence-electron chi connectivity index (χ1n) is 8.23. The fourth-order valence-corrected chi connectivity index (χ4v) is 4.84. The van der Waals surface area contributed by atoms with Crippen molar-refractivity contribution in [1.82, 2.24) is 8.96 Å². The maximum absolute atomic E-state index is 13.3. The Bertz CT molecular complexity index is 1240. The third-order valence-electron chi connectivity index (χ3n) is 4.16. The number of nitrogens with zero attached hydrogens (tertiary/aromatic N) is 3. The van der Waals surface area contributed by atoms with Gasteiger partial charge in [0.1, 0.15) is 5.15 Å². The van der Waals surface area contributed by atoms with Crippen LogP contribution in [-0.2, 0) is 21.2 Å². The highest BCUT2D eigenvalue weighted by molar-refractivity contribution is 7.90. The molecule has 0 aliphatic carbocycles. The molecule has 3 rings (SSSR count). The van der Waals surface area contributed by atoms with E-state index in [4.69, 9.17) is 16.7 Å². The second kappa shape index (κ2) is 8.01. The number of aromatic nitrogens is 2. The van der Waals surface area contributed by atoms with Crippen molar-refractivity contribution in [3.05, 3.63) is 57.4 Å². The number of fused-ring (bicyclic) bond motifs is 1. The van der Waals surface area contributed by atoms with Crippen LogP contribution in [0.25, 0.3) is 11.0 Å². The maximum atomic E-state index is 13.3. The van der Waals surface area contributed by atoms with Gasteiger partial charge in [-0.2, -0.15) is 0 Å². The van der Waals surface area contributed by atoms with Crippen LogP contribution < -0.4 is 0 Å². The van der Waals surface area contributed by atoms with Crippen molar-refractivity contribution in [1.29, 1.82) is 0 Å². The molecule has 0 atom stereocenters. The molecule has 12 heteroatoms. The first-order valence-corrected chi connectivity index (χ1v) is 10.5. The molecular formula is C17H14ClN3O6S2. The first kappa shape index (κ1) is 21.1. The minimum absolute atomic E-state index is 0.0291. The Morgan fingerprint density at radius 2 is 2.00 bits per heavy atom. The molecule has 0 spiro atoms. The molecule has 3 aromatic rings. The van der Waals surface area contributed by atoms with Gasteiger partial charge in [-0.1, -0.05) is 11.6 Å². The molecule has 0 saturated carbocycles. The lowest BCUT2D eigenvalue weighted by molar-refractivity contribution is -0.387. The number of benzene rings is 1. The van der Waals surface area contributed by atoms with Crippen LogP contribution in [0.5, 0.6) is 0 Å². The Morgan fingerprint density at radius 3 is 2.66 bits per heavy atom. The van der Waals surface area contributed by atoms with Crippen molar-refractivity contribution in [2.75, 3.05) is 0 Å². The highest BCUT2D eigenvalue weighted by Gasteiger charge is 2.26. The van der Waals surface area contributed by atoms with Crippen molar-refractivity contribution in [3.8, 4) is 0 Å². The summed E-state index contributed by atoms with van der Waals surface area (Å²) in [6.07, 6.45) is 0.201. The van der Waals surface area contributed by atoms with E-state index < -0.39 is 26.6 Å². The Kier molecular flexibility index (Phi) is 5.82. The molecule has 0 fully saturated rings. The molecule has 29 heavy (non-hydrogen) atoms. The predicted octanol–water partition coefficient (Wildman–Crippen LogP) is 3.53. The quantitative estimate of drug-likeness (QED) is 0.241. The van der Waals surface area contributed by atoms with E-state index in [1.54, 1.807) is 0 Å². The van der Waals surface area contributed by atoms with Crippen LogP contribution >= 0.6 is 24.2 Å². The Morgan fingerprint density at radius 1 is 1.28 bits per heavy atom. The molecule has 0 unspecified atom stereocenters. The maximum Gasteiger partial charge on any atom is 0.303 e. The molecular weight excluding hydrogens is 442 g/mol. The zero-order valence-electron chi connectivity index (χ0n) is 14.6. The average Bonchev–Trinajstić information content (AvgIpc) is 2.99. The highest BCUT2D eigenvalue weighted by atomic mass is 35.5. The fourth-order valence-electron chi connectivity index (χ4n) is 2.89. The van der Waals surface area contributed by atoms with Gasteiger partial charge in [0.15, 0.2) is 0 Å². The number of carboxylic acids is 1. The molecule has 1 N–H and O–H groups in total. The van der Waals surface area contributed by atoms with Gasteiger partial charge >= 0.3 is 5.97 Å². The van der Waals surface area contributed by atoms with E-state index in [2.05, 4.69) is 17.6 Å². The van der Waals surface area contributed by atoms with Gasteiger partial charge in [-0.15, -0.1) is 12.6 Å². The largest absolute Gasteiger partial charge is 0.481 e. The van der Waals surface area contributed by atoms with Gasteiger partial charge in [-0.3, -0.25) is 14.9 Å². The molecule has 0 amide bonds. The summed E-state index contributed by atoms with van der Waals surface area (Å²) in [6.45, 7) is 0. The normalized spacial score (nSPS) is 11.7. The molecule has 9 nitrogen and oxygen atoms in total. The van der Waals surface area contributed by atoms with Gasteiger partial charge in [0.2, 0.25) is 0 Å². The number of carbonyl (C=O) groups is 1. The highest BCUT2D eigenvalue weighted by Crippen LogP contribution is 2.30. The number of aliphatic carboxylic acids is 1. The van der Waals surface area contributed by atoms with Gasteiger partial charge < -0.3 is 5.11 Å². The third kappa shape index (κ3) is 4.21. The smallest absolute Gasteiger partial charge is 0.303 e. The van der Waals surface area contributed by atoms with Crippen LogP contribution in [0.1, 0.15) is 18.5 Å². The van der Waals surface area contributed by atoms with E-state index in [0.717, 1.165) is 10.0 Å². The van der Waals surface area contributed by atoms with Crippen LogP contribution in [0.15, 0.2) is 46.2 Å². The summed E-state index contributed by atoms with van der Waals surface area (Å²) < 4.78 is 27.7. The van der Waals surface area contributed by atoms with E-state index in [9.17, 15) is 23.3 Å². The van der Waals surface area contributed by atoms with E-state index in [1.807, 2.05) is 0 Å². The second-order valence-electron chi connectivity index (χ2n) is 6.10. The zero-order chi connectivity index (χ0) is 21.3. The number of hydrogen-bond donors (Lipinski definition) is 2. The summed E-state index contributed by atoms with van der Waals surface area (Å²) in [6, 6.07) is 7.82. The molecule has 0 bridgehead atoms. The Balaban J connectivity index is 2.19. The summed E-state index contributed by atoms with van der Waals surface area (Å²) in [5.41, 5.74) is 0.400. The molecule has 152 valence electrons. The number of rotatable bonds is 7. The fraction of sp³-hybridized carbons (Fsp3) is 0.176. The lowest BCUT2D eigenvalue weighted by Crippen LogP contribution is -2.16. The van der Waals surface area contributed by atoms with Gasteiger partial charge in [0.05, 0.1) is 25.7 Å². The molecule has 0 aliphatic heterocycles. The van der Waals surface area contributed by atoms with Crippen molar-refractivity contribution >= 4 is 56.9 Å². The lowest BCUT2D eigenvalue weighted by atomic mass is 10.2. The number of thiol groups is 1. The molecule has 2 aromatic heterocycles. The topological polar surface area (TPSA) is 132 Å². The van der Waals surface area contributed by atoms with Crippen LogP contribution in [0.2, 0.25) is 5.15 Å².